The molecule has 0 radical (unpaired) electrons. The Morgan fingerprint density at radius 3 is 2.79 bits per heavy atom. The van der Waals surface area contributed by atoms with Crippen molar-refractivity contribution in [2.24, 2.45) is 0 Å². The Labute approximate surface area is 114 Å². The van der Waals surface area contributed by atoms with E-state index in [4.69, 9.17) is 0 Å². The lowest BCUT2D eigenvalue weighted by Crippen LogP contribution is -2.10. The monoisotopic (exact) mass is 259 g/mol. The van der Waals surface area contributed by atoms with Crippen LogP contribution in [0.1, 0.15) is 42.2 Å². The van der Waals surface area contributed by atoms with Crippen LogP contribution in [-0.2, 0) is 13.0 Å². The molecule has 0 bridgehead atoms. The molecule has 1 atom stereocenters. The molecule has 0 fully saturated rings. The topological polar surface area (TPSA) is 50.9 Å². The van der Waals surface area contributed by atoms with Crippen LogP contribution in [0.4, 0.5) is 0 Å². The maximum absolute atomic E-state index is 10.4. The largest absolute Gasteiger partial charge is 0.388 e. The number of nitrogens with zero attached hydrogens (tertiary/aromatic N) is 3. The van der Waals surface area contributed by atoms with Gasteiger partial charge in [0.25, 0.3) is 0 Å². The van der Waals surface area contributed by atoms with Crippen molar-refractivity contribution in [3.8, 4) is 0 Å². The van der Waals surface area contributed by atoms with Crippen LogP contribution in [-0.4, -0.2) is 19.6 Å². The second-order valence-electron chi connectivity index (χ2n) is 4.88. The van der Waals surface area contributed by atoms with Gasteiger partial charge in [0.2, 0.25) is 0 Å². The number of hydrogen-bond acceptors (Lipinski definition) is 3. The first-order valence-corrected chi connectivity index (χ1v) is 6.74. The molecule has 2 aromatic rings. The van der Waals surface area contributed by atoms with Gasteiger partial charge in [0.15, 0.2) is 0 Å². The molecule has 1 N–H and O–H groups in total. The van der Waals surface area contributed by atoms with Crippen LogP contribution in [0.25, 0.3) is 0 Å². The van der Waals surface area contributed by atoms with Gasteiger partial charge in [0, 0.05) is 42.3 Å². The molecule has 102 valence electrons. The quantitative estimate of drug-likeness (QED) is 0.898. The predicted octanol–water partition coefficient (Wildman–Crippen LogP) is 2.58. The molecule has 2 rings (SSSR count). The third kappa shape index (κ3) is 3.20. The fraction of sp³-hybridized carbons (Fsp3) is 0.467. The Kier molecular flexibility index (Phi) is 4.32. The maximum Gasteiger partial charge on any atom is 0.111 e. The van der Waals surface area contributed by atoms with Gasteiger partial charge in [-0.15, -0.1) is 0 Å². The van der Waals surface area contributed by atoms with E-state index in [1.807, 2.05) is 32.2 Å². The van der Waals surface area contributed by atoms with Crippen LogP contribution in [0.5, 0.6) is 0 Å². The molecule has 0 spiro atoms. The SMILES string of the molecule is CCCn1ccnc1CC(O)c1ccc(C)nc1C. The number of aliphatic hydroxyl groups excluding tert-OH is 1. The van der Waals surface area contributed by atoms with Gasteiger partial charge in [0.1, 0.15) is 5.82 Å². The Morgan fingerprint density at radius 1 is 1.32 bits per heavy atom. The Bertz CT molecular complexity index is 548. The summed E-state index contributed by atoms with van der Waals surface area (Å²) in [6.07, 6.45) is 4.79. The van der Waals surface area contributed by atoms with Crippen LogP contribution in [0.15, 0.2) is 24.5 Å². The van der Waals surface area contributed by atoms with E-state index in [1.165, 1.54) is 0 Å². The van der Waals surface area contributed by atoms with Crippen LogP contribution >= 0.6 is 0 Å². The minimum Gasteiger partial charge on any atom is -0.388 e. The van der Waals surface area contributed by atoms with Crippen molar-refractivity contribution < 1.29 is 5.11 Å². The highest BCUT2D eigenvalue weighted by molar-refractivity contribution is 5.24. The standard InChI is InChI=1S/C15H21N3O/c1-4-8-18-9-7-16-15(18)10-14(19)13-6-5-11(2)17-12(13)3/h5-7,9,14,19H,4,8,10H2,1-3H3. The third-order valence-corrected chi connectivity index (χ3v) is 3.27. The average molecular weight is 259 g/mol. The summed E-state index contributed by atoms with van der Waals surface area (Å²) in [6.45, 7) is 6.96. The molecule has 0 aliphatic heterocycles. The number of aromatic nitrogens is 3. The van der Waals surface area contributed by atoms with E-state index in [2.05, 4.69) is 21.5 Å². The molecule has 0 amide bonds. The molecule has 4 nitrogen and oxygen atoms in total. The first-order chi connectivity index (χ1) is 9.11. The van der Waals surface area contributed by atoms with E-state index in [0.717, 1.165) is 35.7 Å². The van der Waals surface area contributed by atoms with Gasteiger partial charge in [-0.25, -0.2) is 4.98 Å². The van der Waals surface area contributed by atoms with Crippen molar-refractivity contribution in [2.45, 2.75) is 46.3 Å². The second-order valence-corrected chi connectivity index (χ2v) is 4.88. The van der Waals surface area contributed by atoms with Crippen molar-refractivity contribution in [1.82, 2.24) is 14.5 Å². The van der Waals surface area contributed by atoms with Crippen molar-refractivity contribution >= 4 is 0 Å². The minimum absolute atomic E-state index is 0.526. The number of aliphatic hydroxyl groups is 1. The van der Waals surface area contributed by atoms with E-state index in [1.54, 1.807) is 6.20 Å². The first-order valence-electron chi connectivity index (χ1n) is 6.74. The third-order valence-electron chi connectivity index (χ3n) is 3.27. The molecule has 0 saturated heterocycles. The number of imidazole rings is 1. The molecular weight excluding hydrogens is 238 g/mol. The van der Waals surface area contributed by atoms with E-state index in [0.29, 0.717) is 6.42 Å². The Hall–Kier alpha value is -1.68. The molecule has 1 unspecified atom stereocenters. The Balaban J connectivity index is 2.16. The van der Waals surface area contributed by atoms with Gasteiger partial charge >= 0.3 is 0 Å². The van der Waals surface area contributed by atoms with Gasteiger partial charge in [-0.2, -0.15) is 0 Å². The summed E-state index contributed by atoms with van der Waals surface area (Å²) in [5.74, 6) is 0.925. The highest BCUT2D eigenvalue weighted by Gasteiger charge is 2.15. The zero-order valence-electron chi connectivity index (χ0n) is 11.8. The van der Waals surface area contributed by atoms with E-state index in [-0.39, 0.29) is 0 Å². The summed E-state index contributed by atoms with van der Waals surface area (Å²) in [5.41, 5.74) is 2.75. The summed E-state index contributed by atoms with van der Waals surface area (Å²) in [4.78, 5) is 8.73. The van der Waals surface area contributed by atoms with E-state index >= 15 is 0 Å². The number of pyridine rings is 1. The van der Waals surface area contributed by atoms with Crippen LogP contribution in [0.3, 0.4) is 0 Å². The lowest BCUT2D eigenvalue weighted by molar-refractivity contribution is 0.173. The summed E-state index contributed by atoms with van der Waals surface area (Å²) in [5, 5.41) is 10.4. The van der Waals surface area contributed by atoms with E-state index < -0.39 is 6.10 Å². The molecule has 0 saturated carbocycles. The number of aryl methyl sites for hydroxylation is 3. The molecular formula is C15H21N3O. The smallest absolute Gasteiger partial charge is 0.111 e. The van der Waals surface area contributed by atoms with Gasteiger partial charge in [-0.05, 0) is 26.3 Å². The normalized spacial score (nSPS) is 12.6. The van der Waals surface area contributed by atoms with Gasteiger partial charge in [-0.1, -0.05) is 13.0 Å². The number of hydrogen-bond donors (Lipinski definition) is 1. The van der Waals surface area contributed by atoms with Crippen LogP contribution in [0.2, 0.25) is 0 Å². The maximum atomic E-state index is 10.4. The zero-order valence-corrected chi connectivity index (χ0v) is 11.8. The van der Waals surface area contributed by atoms with E-state index in [9.17, 15) is 5.11 Å². The van der Waals surface area contributed by atoms with Crippen LogP contribution < -0.4 is 0 Å². The van der Waals surface area contributed by atoms with Crippen LogP contribution in [0, 0.1) is 13.8 Å². The fourth-order valence-electron chi connectivity index (χ4n) is 2.31. The summed E-state index contributed by atoms with van der Waals surface area (Å²) < 4.78 is 2.10. The van der Waals surface area contributed by atoms with Crippen molar-refractivity contribution in [3.05, 3.63) is 47.3 Å². The first kappa shape index (κ1) is 13.7. The summed E-state index contributed by atoms with van der Waals surface area (Å²) in [7, 11) is 0. The van der Waals surface area contributed by atoms with Crippen molar-refractivity contribution in [2.75, 3.05) is 0 Å². The fourth-order valence-corrected chi connectivity index (χ4v) is 2.31. The second kappa shape index (κ2) is 5.97. The molecule has 2 heterocycles. The highest BCUT2D eigenvalue weighted by Crippen LogP contribution is 2.20. The highest BCUT2D eigenvalue weighted by atomic mass is 16.3. The zero-order chi connectivity index (χ0) is 13.8. The van der Waals surface area contributed by atoms with Gasteiger partial charge in [0.05, 0.1) is 6.10 Å². The molecule has 2 aromatic heterocycles. The van der Waals surface area contributed by atoms with Gasteiger partial charge in [-0.3, -0.25) is 4.98 Å². The van der Waals surface area contributed by atoms with Gasteiger partial charge < -0.3 is 9.67 Å². The van der Waals surface area contributed by atoms with Crippen molar-refractivity contribution in [1.29, 1.82) is 0 Å². The minimum atomic E-state index is -0.550. The van der Waals surface area contributed by atoms with Crippen molar-refractivity contribution in [3.63, 3.8) is 0 Å². The summed E-state index contributed by atoms with van der Waals surface area (Å²) in [6, 6.07) is 3.89. The molecule has 0 aromatic carbocycles. The average Bonchev–Trinajstić information content (AvgIpc) is 2.77. The molecule has 19 heavy (non-hydrogen) atoms. The lowest BCUT2D eigenvalue weighted by Gasteiger charge is -2.14. The molecule has 4 heteroatoms. The Morgan fingerprint density at radius 2 is 2.11 bits per heavy atom. The number of rotatable bonds is 5. The molecule has 0 aliphatic rings. The lowest BCUT2D eigenvalue weighted by atomic mass is 10.0. The summed E-state index contributed by atoms with van der Waals surface area (Å²) >= 11 is 0. The predicted molar refractivity (Wildman–Crippen MR) is 74.9 cm³/mol. The molecule has 0 aliphatic carbocycles.